The molecule has 0 radical (unpaired) electrons. The van der Waals surface area contributed by atoms with Crippen LogP contribution in [-0.2, 0) is 4.79 Å². The fourth-order valence-corrected chi connectivity index (χ4v) is 3.38. The van der Waals surface area contributed by atoms with Gasteiger partial charge in [0.1, 0.15) is 0 Å². The van der Waals surface area contributed by atoms with Crippen LogP contribution in [0.2, 0.25) is 0 Å². The first-order chi connectivity index (χ1) is 9.50. The molecule has 0 aromatic heterocycles. The molecule has 0 spiro atoms. The van der Waals surface area contributed by atoms with Crippen molar-refractivity contribution in [2.45, 2.75) is 46.0 Å². The molecule has 0 heterocycles. The number of anilines is 1. The highest BCUT2D eigenvalue weighted by Crippen LogP contribution is 2.38. The van der Waals surface area contributed by atoms with Crippen molar-refractivity contribution in [3.05, 3.63) is 29.3 Å². The standard InChI is InChI=1S/C17H26N2O/c1-13-7-8-15(14(2)11-13)19(3)16(20)17(12-18)9-5-4-6-10-17/h7-8,11H,4-6,9-10,12,18H2,1-3H3. The van der Waals surface area contributed by atoms with E-state index in [2.05, 4.69) is 26.0 Å². The van der Waals surface area contributed by atoms with E-state index in [1.807, 2.05) is 18.0 Å². The molecule has 1 amide bonds. The Bertz CT molecular complexity index is 490. The van der Waals surface area contributed by atoms with E-state index in [1.165, 1.54) is 12.0 Å². The van der Waals surface area contributed by atoms with Crippen molar-refractivity contribution < 1.29 is 4.79 Å². The van der Waals surface area contributed by atoms with Crippen LogP contribution >= 0.6 is 0 Å². The summed E-state index contributed by atoms with van der Waals surface area (Å²) in [6.07, 6.45) is 5.31. The van der Waals surface area contributed by atoms with E-state index < -0.39 is 0 Å². The Kier molecular flexibility index (Phi) is 4.48. The Morgan fingerprint density at radius 3 is 2.45 bits per heavy atom. The van der Waals surface area contributed by atoms with E-state index in [1.54, 1.807) is 0 Å². The van der Waals surface area contributed by atoms with Gasteiger partial charge >= 0.3 is 0 Å². The van der Waals surface area contributed by atoms with Gasteiger partial charge in [-0.15, -0.1) is 0 Å². The normalized spacial score (nSPS) is 17.8. The summed E-state index contributed by atoms with van der Waals surface area (Å²) in [6.45, 7) is 4.59. The smallest absolute Gasteiger partial charge is 0.234 e. The van der Waals surface area contributed by atoms with Gasteiger partial charge in [0.05, 0.1) is 5.41 Å². The molecular formula is C17H26N2O. The fourth-order valence-electron chi connectivity index (χ4n) is 3.38. The van der Waals surface area contributed by atoms with Gasteiger partial charge in [-0.25, -0.2) is 0 Å². The zero-order valence-electron chi connectivity index (χ0n) is 12.9. The summed E-state index contributed by atoms with van der Waals surface area (Å²) >= 11 is 0. The third-order valence-electron chi connectivity index (χ3n) is 4.67. The summed E-state index contributed by atoms with van der Waals surface area (Å²) in [5.74, 6) is 0.187. The van der Waals surface area contributed by atoms with Crippen LogP contribution < -0.4 is 10.6 Å². The minimum atomic E-state index is -0.343. The summed E-state index contributed by atoms with van der Waals surface area (Å²) in [5.41, 5.74) is 8.99. The van der Waals surface area contributed by atoms with E-state index in [9.17, 15) is 4.79 Å². The Balaban J connectivity index is 2.27. The average molecular weight is 274 g/mol. The van der Waals surface area contributed by atoms with Gasteiger partial charge in [-0.3, -0.25) is 4.79 Å². The third-order valence-corrected chi connectivity index (χ3v) is 4.67. The van der Waals surface area contributed by atoms with Crippen LogP contribution in [0.5, 0.6) is 0 Å². The number of nitrogens with zero attached hydrogens (tertiary/aromatic N) is 1. The second-order valence-electron chi connectivity index (χ2n) is 6.20. The number of carbonyl (C=O) groups excluding carboxylic acids is 1. The maximum Gasteiger partial charge on any atom is 0.234 e. The molecule has 2 rings (SSSR count). The molecule has 0 aliphatic heterocycles. The van der Waals surface area contributed by atoms with Crippen molar-refractivity contribution >= 4 is 11.6 Å². The maximum absolute atomic E-state index is 12.9. The van der Waals surface area contributed by atoms with Gasteiger partial charge in [-0.1, -0.05) is 37.0 Å². The summed E-state index contributed by atoms with van der Waals surface area (Å²) in [6, 6.07) is 6.22. The zero-order chi connectivity index (χ0) is 14.8. The van der Waals surface area contributed by atoms with Crippen molar-refractivity contribution in [1.29, 1.82) is 0 Å². The summed E-state index contributed by atoms with van der Waals surface area (Å²) in [7, 11) is 1.88. The van der Waals surface area contributed by atoms with Crippen LogP contribution in [0.3, 0.4) is 0 Å². The van der Waals surface area contributed by atoms with Crippen LogP contribution in [0.1, 0.15) is 43.2 Å². The number of hydrogen-bond donors (Lipinski definition) is 1. The molecule has 1 aliphatic carbocycles. The number of aryl methyl sites for hydroxylation is 2. The first kappa shape index (κ1) is 15.0. The number of nitrogens with two attached hydrogens (primary N) is 1. The molecule has 2 N–H and O–H groups in total. The van der Waals surface area contributed by atoms with Gasteiger partial charge in [0, 0.05) is 19.3 Å². The van der Waals surface area contributed by atoms with Gasteiger partial charge in [0.25, 0.3) is 0 Å². The molecule has 1 saturated carbocycles. The minimum absolute atomic E-state index is 0.187. The van der Waals surface area contributed by atoms with Crippen LogP contribution in [-0.4, -0.2) is 19.5 Å². The summed E-state index contributed by atoms with van der Waals surface area (Å²) in [5, 5.41) is 0. The molecular weight excluding hydrogens is 248 g/mol. The topological polar surface area (TPSA) is 46.3 Å². The lowest BCUT2D eigenvalue weighted by atomic mass is 9.73. The van der Waals surface area contributed by atoms with Crippen molar-refractivity contribution in [2.75, 3.05) is 18.5 Å². The van der Waals surface area contributed by atoms with Crippen LogP contribution in [0, 0.1) is 19.3 Å². The maximum atomic E-state index is 12.9. The quantitative estimate of drug-likeness (QED) is 0.920. The largest absolute Gasteiger partial charge is 0.329 e. The highest BCUT2D eigenvalue weighted by Gasteiger charge is 2.40. The summed E-state index contributed by atoms with van der Waals surface area (Å²) < 4.78 is 0. The van der Waals surface area contributed by atoms with Crippen LogP contribution in [0.4, 0.5) is 5.69 Å². The average Bonchev–Trinajstić information content (AvgIpc) is 2.46. The van der Waals surface area contributed by atoms with Crippen molar-refractivity contribution in [1.82, 2.24) is 0 Å². The van der Waals surface area contributed by atoms with Crippen molar-refractivity contribution in [3.63, 3.8) is 0 Å². The molecule has 3 nitrogen and oxygen atoms in total. The lowest BCUT2D eigenvalue weighted by Gasteiger charge is -2.38. The molecule has 0 saturated heterocycles. The molecule has 1 aromatic rings. The molecule has 0 atom stereocenters. The van der Waals surface area contributed by atoms with Gasteiger partial charge in [0.2, 0.25) is 5.91 Å². The van der Waals surface area contributed by atoms with Gasteiger partial charge in [0.15, 0.2) is 0 Å². The molecule has 110 valence electrons. The predicted molar refractivity (Wildman–Crippen MR) is 83.9 cm³/mol. The van der Waals surface area contributed by atoms with Gasteiger partial charge in [-0.05, 0) is 38.3 Å². The predicted octanol–water partition coefficient (Wildman–Crippen LogP) is 3.18. The lowest BCUT2D eigenvalue weighted by molar-refractivity contribution is -0.129. The number of benzene rings is 1. The highest BCUT2D eigenvalue weighted by molar-refractivity contribution is 5.98. The monoisotopic (exact) mass is 274 g/mol. The van der Waals surface area contributed by atoms with E-state index in [-0.39, 0.29) is 11.3 Å². The molecule has 1 fully saturated rings. The second kappa shape index (κ2) is 5.96. The SMILES string of the molecule is Cc1ccc(N(C)C(=O)C2(CN)CCCCC2)c(C)c1. The molecule has 1 aliphatic rings. The number of carbonyl (C=O) groups is 1. The van der Waals surface area contributed by atoms with Gasteiger partial charge in [-0.2, -0.15) is 0 Å². The van der Waals surface area contributed by atoms with Crippen molar-refractivity contribution in [2.24, 2.45) is 11.1 Å². The molecule has 1 aromatic carbocycles. The van der Waals surface area contributed by atoms with E-state index in [4.69, 9.17) is 5.73 Å². The van der Waals surface area contributed by atoms with E-state index in [0.717, 1.165) is 36.9 Å². The summed E-state index contributed by atoms with van der Waals surface area (Å²) in [4.78, 5) is 14.7. The third kappa shape index (κ3) is 2.73. The van der Waals surface area contributed by atoms with E-state index in [0.29, 0.717) is 6.54 Å². The Morgan fingerprint density at radius 1 is 1.25 bits per heavy atom. The van der Waals surface area contributed by atoms with Crippen LogP contribution in [0.15, 0.2) is 18.2 Å². The Labute approximate surface area is 122 Å². The number of rotatable bonds is 3. The molecule has 20 heavy (non-hydrogen) atoms. The zero-order valence-corrected chi connectivity index (χ0v) is 12.9. The second-order valence-corrected chi connectivity index (χ2v) is 6.20. The highest BCUT2D eigenvalue weighted by atomic mass is 16.2. The molecule has 0 unspecified atom stereocenters. The molecule has 0 bridgehead atoms. The van der Waals surface area contributed by atoms with Crippen molar-refractivity contribution in [3.8, 4) is 0 Å². The Morgan fingerprint density at radius 2 is 1.90 bits per heavy atom. The first-order valence-electron chi connectivity index (χ1n) is 7.56. The fraction of sp³-hybridized carbons (Fsp3) is 0.588. The molecule has 3 heteroatoms. The van der Waals surface area contributed by atoms with E-state index >= 15 is 0 Å². The first-order valence-corrected chi connectivity index (χ1v) is 7.56. The number of hydrogen-bond acceptors (Lipinski definition) is 2. The Hall–Kier alpha value is -1.35. The lowest BCUT2D eigenvalue weighted by Crippen LogP contribution is -2.48. The van der Waals surface area contributed by atoms with Crippen LogP contribution in [0.25, 0.3) is 0 Å². The van der Waals surface area contributed by atoms with Gasteiger partial charge < -0.3 is 10.6 Å². The number of amides is 1. The minimum Gasteiger partial charge on any atom is -0.329 e.